The first kappa shape index (κ1) is 8.19. The molecule has 0 atom stereocenters. The first-order valence-electron chi connectivity index (χ1n) is 4.15. The molecule has 0 aliphatic heterocycles. The topological polar surface area (TPSA) is 50.4 Å². The second-order valence-electron chi connectivity index (χ2n) is 3.08. The summed E-state index contributed by atoms with van der Waals surface area (Å²) in [7, 11) is 0. The minimum Gasteiger partial charge on any atom is -0.388 e. The lowest BCUT2D eigenvalue weighted by molar-refractivity contribution is 0.271. The second-order valence-corrected chi connectivity index (χ2v) is 3.08. The van der Waals surface area contributed by atoms with Gasteiger partial charge in [-0.1, -0.05) is 6.07 Å². The smallest absolute Gasteiger partial charge is 0.177 e. The number of rotatable bonds is 1. The minimum atomic E-state index is -0.111. The summed E-state index contributed by atoms with van der Waals surface area (Å²) >= 11 is 0. The molecule has 2 rings (SSSR count). The second kappa shape index (κ2) is 2.81. The fourth-order valence-corrected chi connectivity index (χ4v) is 1.31. The standard InChI is InChI=1S/C9H11N3O/c1-6-3-4-7(2)12-9(6)10-8(5-13)11-12/h3-4,13H,5H2,1-2H3. The van der Waals surface area contributed by atoms with Gasteiger partial charge in [0, 0.05) is 5.69 Å². The van der Waals surface area contributed by atoms with E-state index in [0.717, 1.165) is 16.9 Å². The van der Waals surface area contributed by atoms with Crippen molar-refractivity contribution in [1.82, 2.24) is 14.6 Å². The van der Waals surface area contributed by atoms with Crippen LogP contribution in [0.1, 0.15) is 17.1 Å². The molecule has 0 unspecified atom stereocenters. The fourth-order valence-electron chi connectivity index (χ4n) is 1.31. The molecule has 0 saturated heterocycles. The van der Waals surface area contributed by atoms with Gasteiger partial charge in [-0.25, -0.2) is 9.50 Å². The number of aliphatic hydroxyl groups excluding tert-OH is 1. The molecule has 0 aromatic carbocycles. The molecule has 0 bridgehead atoms. The van der Waals surface area contributed by atoms with Crippen LogP contribution in [0.2, 0.25) is 0 Å². The molecule has 0 fully saturated rings. The summed E-state index contributed by atoms with van der Waals surface area (Å²) in [4.78, 5) is 4.19. The van der Waals surface area contributed by atoms with Crippen LogP contribution in [0.5, 0.6) is 0 Å². The monoisotopic (exact) mass is 177 g/mol. The molecular formula is C9H11N3O. The van der Waals surface area contributed by atoms with Crippen LogP contribution < -0.4 is 0 Å². The Morgan fingerprint density at radius 2 is 2.15 bits per heavy atom. The molecule has 0 saturated carbocycles. The van der Waals surface area contributed by atoms with Crippen molar-refractivity contribution in [2.75, 3.05) is 0 Å². The Bertz CT molecular complexity index is 408. The third-order valence-corrected chi connectivity index (χ3v) is 2.05. The number of aliphatic hydroxyl groups is 1. The lowest BCUT2D eigenvalue weighted by atomic mass is 10.3. The number of aromatic nitrogens is 3. The van der Waals surface area contributed by atoms with Crippen LogP contribution in [0, 0.1) is 13.8 Å². The SMILES string of the molecule is Cc1ccc(C)n2nc(CO)nc12. The predicted molar refractivity (Wildman–Crippen MR) is 48.4 cm³/mol. The van der Waals surface area contributed by atoms with E-state index in [4.69, 9.17) is 5.11 Å². The molecule has 4 heteroatoms. The fraction of sp³-hybridized carbons (Fsp3) is 0.333. The maximum absolute atomic E-state index is 8.88. The van der Waals surface area contributed by atoms with Gasteiger partial charge >= 0.3 is 0 Å². The van der Waals surface area contributed by atoms with E-state index in [1.807, 2.05) is 26.0 Å². The molecule has 0 aliphatic carbocycles. The van der Waals surface area contributed by atoms with Gasteiger partial charge in [0.05, 0.1) is 0 Å². The van der Waals surface area contributed by atoms with Crippen LogP contribution in [0.15, 0.2) is 12.1 Å². The maximum Gasteiger partial charge on any atom is 0.177 e. The van der Waals surface area contributed by atoms with E-state index in [2.05, 4.69) is 10.1 Å². The quantitative estimate of drug-likeness (QED) is 0.702. The van der Waals surface area contributed by atoms with Crippen molar-refractivity contribution in [3.8, 4) is 0 Å². The van der Waals surface area contributed by atoms with Crippen molar-refractivity contribution in [1.29, 1.82) is 0 Å². The van der Waals surface area contributed by atoms with Gasteiger partial charge in [-0.05, 0) is 25.5 Å². The van der Waals surface area contributed by atoms with Gasteiger partial charge in [0.2, 0.25) is 0 Å². The number of nitrogens with zero attached hydrogens (tertiary/aromatic N) is 3. The summed E-state index contributed by atoms with van der Waals surface area (Å²) in [5.41, 5.74) is 2.91. The molecule has 0 spiro atoms. The maximum atomic E-state index is 8.88. The highest BCUT2D eigenvalue weighted by Gasteiger charge is 2.05. The first-order chi connectivity index (χ1) is 6.22. The summed E-state index contributed by atoms with van der Waals surface area (Å²) in [6, 6.07) is 3.98. The van der Waals surface area contributed by atoms with E-state index < -0.39 is 0 Å². The summed E-state index contributed by atoms with van der Waals surface area (Å²) in [5, 5.41) is 13.0. The van der Waals surface area contributed by atoms with Crippen molar-refractivity contribution >= 4 is 5.65 Å². The molecule has 0 amide bonds. The van der Waals surface area contributed by atoms with Gasteiger partial charge in [-0.2, -0.15) is 0 Å². The van der Waals surface area contributed by atoms with E-state index in [-0.39, 0.29) is 6.61 Å². The van der Waals surface area contributed by atoms with Gasteiger partial charge in [0.1, 0.15) is 6.61 Å². The molecule has 2 aromatic rings. The minimum absolute atomic E-state index is 0.111. The van der Waals surface area contributed by atoms with Crippen molar-refractivity contribution in [3.05, 3.63) is 29.2 Å². The zero-order valence-corrected chi connectivity index (χ0v) is 7.65. The summed E-state index contributed by atoms with van der Waals surface area (Å²) in [6.45, 7) is 3.83. The largest absolute Gasteiger partial charge is 0.388 e. The first-order valence-corrected chi connectivity index (χ1v) is 4.15. The molecule has 13 heavy (non-hydrogen) atoms. The Morgan fingerprint density at radius 3 is 2.77 bits per heavy atom. The van der Waals surface area contributed by atoms with Gasteiger partial charge in [-0.3, -0.25) is 0 Å². The normalized spacial score (nSPS) is 11.0. The third-order valence-electron chi connectivity index (χ3n) is 2.05. The van der Waals surface area contributed by atoms with Gasteiger partial charge in [0.25, 0.3) is 0 Å². The van der Waals surface area contributed by atoms with Crippen molar-refractivity contribution < 1.29 is 5.11 Å². The lowest BCUT2D eigenvalue weighted by Gasteiger charge is -1.98. The molecule has 68 valence electrons. The van der Waals surface area contributed by atoms with Crippen molar-refractivity contribution in [3.63, 3.8) is 0 Å². The van der Waals surface area contributed by atoms with Crippen LogP contribution in [-0.2, 0) is 6.61 Å². The summed E-state index contributed by atoms with van der Waals surface area (Å²) < 4.78 is 1.75. The van der Waals surface area contributed by atoms with E-state index in [0.29, 0.717) is 5.82 Å². The number of aryl methyl sites for hydroxylation is 2. The summed E-state index contributed by atoms with van der Waals surface area (Å²) in [6.07, 6.45) is 0. The van der Waals surface area contributed by atoms with Crippen molar-refractivity contribution in [2.24, 2.45) is 0 Å². The average Bonchev–Trinajstić information content (AvgIpc) is 2.56. The van der Waals surface area contributed by atoms with Crippen LogP contribution in [-0.4, -0.2) is 19.7 Å². The number of hydrogen-bond acceptors (Lipinski definition) is 3. The van der Waals surface area contributed by atoms with Crippen molar-refractivity contribution in [2.45, 2.75) is 20.5 Å². The highest BCUT2D eigenvalue weighted by atomic mass is 16.3. The number of fused-ring (bicyclic) bond motifs is 1. The highest BCUT2D eigenvalue weighted by molar-refractivity contribution is 5.47. The van der Waals surface area contributed by atoms with E-state index in [1.54, 1.807) is 4.52 Å². The molecule has 2 aromatic heterocycles. The Kier molecular flexibility index (Phi) is 1.77. The zero-order chi connectivity index (χ0) is 9.42. The summed E-state index contributed by atoms with van der Waals surface area (Å²) in [5.74, 6) is 0.470. The van der Waals surface area contributed by atoms with Gasteiger partial charge in [0.15, 0.2) is 11.5 Å². The molecule has 0 aliphatic rings. The Hall–Kier alpha value is -1.42. The zero-order valence-electron chi connectivity index (χ0n) is 7.65. The van der Waals surface area contributed by atoms with Crippen LogP contribution in [0.25, 0.3) is 5.65 Å². The van der Waals surface area contributed by atoms with Crippen LogP contribution in [0.3, 0.4) is 0 Å². The van der Waals surface area contributed by atoms with Crippen LogP contribution >= 0.6 is 0 Å². The molecule has 4 nitrogen and oxygen atoms in total. The third kappa shape index (κ3) is 1.19. The van der Waals surface area contributed by atoms with Gasteiger partial charge in [-0.15, -0.1) is 5.10 Å². The Balaban J connectivity index is 2.80. The molecule has 1 N–H and O–H groups in total. The number of hydrogen-bond donors (Lipinski definition) is 1. The molecule has 2 heterocycles. The lowest BCUT2D eigenvalue weighted by Crippen LogP contribution is -1.95. The van der Waals surface area contributed by atoms with E-state index >= 15 is 0 Å². The molecule has 0 radical (unpaired) electrons. The van der Waals surface area contributed by atoms with Gasteiger partial charge < -0.3 is 5.11 Å². The molecular weight excluding hydrogens is 166 g/mol. The highest BCUT2D eigenvalue weighted by Crippen LogP contribution is 2.10. The van der Waals surface area contributed by atoms with E-state index in [9.17, 15) is 0 Å². The Labute approximate surface area is 75.8 Å². The average molecular weight is 177 g/mol. The van der Waals surface area contributed by atoms with E-state index in [1.165, 1.54) is 0 Å². The van der Waals surface area contributed by atoms with Crippen LogP contribution in [0.4, 0.5) is 0 Å². The number of pyridine rings is 1. The Morgan fingerprint density at radius 1 is 1.38 bits per heavy atom. The predicted octanol–water partition coefficient (Wildman–Crippen LogP) is 0.838.